The Balaban J connectivity index is 1.66. The van der Waals surface area contributed by atoms with E-state index in [1.165, 1.54) is 31.3 Å². The van der Waals surface area contributed by atoms with E-state index in [4.69, 9.17) is 0 Å². The lowest BCUT2D eigenvalue weighted by molar-refractivity contribution is -0.110. The maximum atomic E-state index is 12.6. The number of hydrogen-bond acceptors (Lipinski definition) is 1. The number of benzene rings is 1. The molecule has 3 aliphatic rings. The molecule has 0 radical (unpaired) electrons. The van der Waals surface area contributed by atoms with Crippen molar-refractivity contribution in [2.24, 2.45) is 22.7 Å². The first-order valence-corrected chi connectivity index (χ1v) is 11.0. The number of carbonyl (C=O) groups is 1. The molecule has 0 saturated heterocycles. The summed E-state index contributed by atoms with van der Waals surface area (Å²) in [6.45, 7) is 11.9. The predicted molar refractivity (Wildman–Crippen MR) is 116 cm³/mol. The Kier molecular flexibility index (Phi) is 4.65. The molecule has 0 aromatic heterocycles. The molecule has 3 atom stereocenters. The molecule has 0 unspecified atom stereocenters. The van der Waals surface area contributed by atoms with E-state index >= 15 is 0 Å². The van der Waals surface area contributed by atoms with E-state index in [0.29, 0.717) is 16.7 Å². The van der Waals surface area contributed by atoms with Crippen molar-refractivity contribution in [3.63, 3.8) is 0 Å². The summed E-state index contributed by atoms with van der Waals surface area (Å²) in [5.41, 5.74) is 4.82. The third-order valence-corrected chi connectivity index (χ3v) is 8.32. The van der Waals surface area contributed by atoms with E-state index in [1.54, 1.807) is 0 Å². The first kappa shape index (κ1) is 19.0. The summed E-state index contributed by atoms with van der Waals surface area (Å²) in [7, 11) is 0. The van der Waals surface area contributed by atoms with Gasteiger partial charge in [0.2, 0.25) is 0 Å². The van der Waals surface area contributed by atoms with Crippen molar-refractivity contribution in [1.82, 2.24) is 0 Å². The molecule has 0 spiro atoms. The normalized spacial score (nSPS) is 33.6. The lowest BCUT2D eigenvalue weighted by atomic mass is 9.47. The van der Waals surface area contributed by atoms with Crippen molar-refractivity contribution in [2.45, 2.75) is 59.3 Å². The highest BCUT2D eigenvalue weighted by molar-refractivity contribution is 9.10. The van der Waals surface area contributed by atoms with Gasteiger partial charge in [-0.15, -0.1) is 0 Å². The number of fused-ring (bicyclic) bond motifs is 2. The van der Waals surface area contributed by atoms with Gasteiger partial charge >= 0.3 is 0 Å². The summed E-state index contributed by atoms with van der Waals surface area (Å²) < 4.78 is 0.944. The van der Waals surface area contributed by atoms with Crippen molar-refractivity contribution in [3.8, 4) is 0 Å². The van der Waals surface area contributed by atoms with Gasteiger partial charge in [-0.2, -0.15) is 0 Å². The van der Waals surface area contributed by atoms with E-state index in [9.17, 15) is 4.79 Å². The smallest absolute Gasteiger partial charge is 0.256 e. The number of carbonyl (C=O) groups excluding carboxylic acids is 1. The van der Waals surface area contributed by atoms with Crippen LogP contribution >= 0.6 is 15.9 Å². The minimum atomic E-state index is 0.0176. The monoisotopic (exact) mass is 427 g/mol. The van der Waals surface area contributed by atoms with E-state index in [1.807, 2.05) is 18.2 Å². The third kappa shape index (κ3) is 3.03. The number of para-hydroxylation sites is 1. The van der Waals surface area contributed by atoms with Crippen LogP contribution in [0.5, 0.6) is 0 Å². The summed E-state index contributed by atoms with van der Waals surface area (Å²) in [6, 6.07) is 6.01. The molecule has 4 rings (SSSR count). The summed E-state index contributed by atoms with van der Waals surface area (Å²) in [5, 5.41) is 3.02. The number of nitrogens with one attached hydrogen (secondary N) is 1. The van der Waals surface area contributed by atoms with Crippen LogP contribution in [-0.4, -0.2) is 5.91 Å². The summed E-state index contributed by atoms with van der Waals surface area (Å²) >= 11 is 3.55. The van der Waals surface area contributed by atoms with Crippen molar-refractivity contribution in [1.29, 1.82) is 0 Å². The molecule has 3 heteroatoms. The molecule has 0 bridgehead atoms. The molecule has 2 saturated carbocycles. The van der Waals surface area contributed by atoms with Gasteiger partial charge in [-0.3, -0.25) is 4.79 Å². The molecule has 2 nitrogen and oxygen atoms in total. The molecular weight excluding hydrogens is 398 g/mol. The van der Waals surface area contributed by atoms with Crippen LogP contribution < -0.4 is 5.32 Å². The number of rotatable bonds is 2. The molecule has 1 aromatic rings. The fraction of sp³-hybridized carbons (Fsp3) is 0.542. The van der Waals surface area contributed by atoms with Crippen molar-refractivity contribution in [3.05, 3.63) is 46.5 Å². The van der Waals surface area contributed by atoms with Crippen molar-refractivity contribution >= 4 is 33.1 Å². The predicted octanol–water partition coefficient (Wildman–Crippen LogP) is 6.97. The Bertz CT molecular complexity index is 837. The minimum absolute atomic E-state index is 0.0176. The Morgan fingerprint density at radius 2 is 2.07 bits per heavy atom. The van der Waals surface area contributed by atoms with E-state index in [0.717, 1.165) is 40.1 Å². The fourth-order valence-electron chi connectivity index (χ4n) is 6.33. The highest BCUT2D eigenvalue weighted by Gasteiger charge is 2.52. The van der Waals surface area contributed by atoms with Crippen LogP contribution in [0.15, 0.2) is 40.9 Å². The number of halogens is 1. The van der Waals surface area contributed by atoms with Crippen LogP contribution in [0.3, 0.4) is 0 Å². The van der Waals surface area contributed by atoms with Crippen LogP contribution in [-0.2, 0) is 4.79 Å². The zero-order chi connectivity index (χ0) is 19.4. The van der Waals surface area contributed by atoms with Crippen molar-refractivity contribution in [2.75, 3.05) is 5.32 Å². The minimum Gasteiger partial charge on any atom is -0.320 e. The molecule has 1 heterocycles. The average molecular weight is 428 g/mol. The second kappa shape index (κ2) is 6.62. The molecule has 2 aliphatic carbocycles. The fourth-order valence-corrected chi connectivity index (χ4v) is 6.79. The Labute approximate surface area is 171 Å². The zero-order valence-corrected chi connectivity index (χ0v) is 18.3. The second-order valence-corrected chi connectivity index (χ2v) is 10.5. The average Bonchev–Trinajstić information content (AvgIpc) is 2.91. The van der Waals surface area contributed by atoms with Gasteiger partial charge in [0, 0.05) is 15.6 Å². The van der Waals surface area contributed by atoms with Gasteiger partial charge in [0.25, 0.3) is 5.91 Å². The van der Waals surface area contributed by atoms with E-state index in [-0.39, 0.29) is 5.91 Å². The van der Waals surface area contributed by atoms with Gasteiger partial charge in [-0.05, 0) is 76.8 Å². The highest BCUT2D eigenvalue weighted by atomic mass is 79.9. The Morgan fingerprint density at radius 3 is 2.85 bits per heavy atom. The first-order chi connectivity index (χ1) is 12.7. The summed E-state index contributed by atoms with van der Waals surface area (Å²) in [5.74, 6) is 1.22. The molecule has 2 fully saturated rings. The highest BCUT2D eigenvalue weighted by Crippen LogP contribution is 2.61. The number of amides is 1. The van der Waals surface area contributed by atoms with E-state index in [2.05, 4.69) is 54.7 Å². The van der Waals surface area contributed by atoms with Crippen LogP contribution in [0.4, 0.5) is 5.69 Å². The van der Waals surface area contributed by atoms with E-state index < -0.39 is 0 Å². The topological polar surface area (TPSA) is 29.1 Å². The van der Waals surface area contributed by atoms with Gasteiger partial charge < -0.3 is 5.32 Å². The lowest BCUT2D eigenvalue weighted by Crippen LogP contribution is -2.49. The van der Waals surface area contributed by atoms with Gasteiger partial charge in [-0.1, -0.05) is 57.6 Å². The lowest BCUT2D eigenvalue weighted by Gasteiger charge is -2.58. The van der Waals surface area contributed by atoms with Gasteiger partial charge in [0.05, 0.1) is 5.69 Å². The first-order valence-electron chi connectivity index (χ1n) is 10.2. The Morgan fingerprint density at radius 1 is 1.30 bits per heavy atom. The van der Waals surface area contributed by atoms with Crippen LogP contribution in [0.25, 0.3) is 5.57 Å². The molecule has 27 heavy (non-hydrogen) atoms. The maximum absolute atomic E-state index is 12.6. The SMILES string of the molecule is C=C1CC[C@H]2C(C)(C)CCC[C@]2(C)[C@H]1C/C=C1/C(=O)Nc2c(Br)cccc21. The van der Waals surface area contributed by atoms with Crippen LogP contribution in [0.1, 0.15) is 64.9 Å². The largest absolute Gasteiger partial charge is 0.320 e. The molecular formula is C24H30BrNO. The van der Waals surface area contributed by atoms with Gasteiger partial charge in [0.15, 0.2) is 0 Å². The summed E-state index contributed by atoms with van der Waals surface area (Å²) in [4.78, 5) is 12.6. The van der Waals surface area contributed by atoms with Crippen LogP contribution in [0.2, 0.25) is 0 Å². The Hall–Kier alpha value is -1.35. The number of allylic oxidation sites excluding steroid dienone is 2. The zero-order valence-electron chi connectivity index (χ0n) is 16.7. The molecule has 1 amide bonds. The standard InChI is InChI=1S/C24H30BrNO/c1-15-9-12-20-23(2,3)13-6-14-24(20,4)18(15)11-10-17-16-7-5-8-19(25)21(16)26-22(17)27/h5,7-8,10,18,20H,1,6,9,11-14H2,2-4H3,(H,26,27)/b17-10+/t18-,20-,24+/m0/s1. The van der Waals surface area contributed by atoms with Crippen LogP contribution in [0, 0.1) is 22.7 Å². The maximum Gasteiger partial charge on any atom is 0.256 e. The third-order valence-electron chi connectivity index (χ3n) is 7.66. The molecule has 1 N–H and O–H groups in total. The van der Waals surface area contributed by atoms with Gasteiger partial charge in [-0.25, -0.2) is 0 Å². The second-order valence-electron chi connectivity index (χ2n) is 9.62. The molecule has 1 aliphatic heterocycles. The van der Waals surface area contributed by atoms with Crippen molar-refractivity contribution < 1.29 is 4.79 Å². The molecule has 144 valence electrons. The number of anilines is 1. The quantitative estimate of drug-likeness (QED) is 0.400. The van der Waals surface area contributed by atoms with Gasteiger partial charge in [0.1, 0.15) is 0 Å². The summed E-state index contributed by atoms with van der Waals surface area (Å²) in [6.07, 6.45) is 9.41. The molecule has 1 aromatic carbocycles. The number of hydrogen-bond donors (Lipinski definition) is 1.